The Morgan fingerprint density at radius 3 is 2.83 bits per heavy atom. The lowest BCUT2D eigenvalue weighted by atomic mass is 9.86. The Hall–Kier alpha value is -2.14. The first-order valence-corrected chi connectivity index (χ1v) is 8.83. The Labute approximate surface area is 142 Å². The molecule has 1 amide bonds. The van der Waals surface area contributed by atoms with E-state index >= 15 is 0 Å². The zero-order chi connectivity index (χ0) is 16.4. The van der Waals surface area contributed by atoms with Crippen LogP contribution in [0.5, 0.6) is 0 Å². The van der Waals surface area contributed by atoms with Crippen molar-refractivity contribution >= 4 is 5.91 Å². The quantitative estimate of drug-likeness (QED) is 0.944. The second-order valence-electron chi connectivity index (χ2n) is 7.02. The highest BCUT2D eigenvalue weighted by atomic mass is 16.2. The van der Waals surface area contributed by atoms with E-state index in [2.05, 4.69) is 20.9 Å². The smallest absolute Gasteiger partial charge is 0.270 e. The molecule has 2 aliphatic heterocycles. The first-order valence-electron chi connectivity index (χ1n) is 8.83. The van der Waals surface area contributed by atoms with Gasteiger partial charge in [0.15, 0.2) is 0 Å². The zero-order valence-corrected chi connectivity index (χ0v) is 13.9. The van der Waals surface area contributed by atoms with Crippen LogP contribution in [0.2, 0.25) is 0 Å². The summed E-state index contributed by atoms with van der Waals surface area (Å²) in [5.74, 6) is 0.132. The summed E-state index contributed by atoms with van der Waals surface area (Å²) < 4.78 is 0. The van der Waals surface area contributed by atoms with Crippen LogP contribution in [0, 0.1) is 0 Å². The maximum atomic E-state index is 12.7. The van der Waals surface area contributed by atoms with Gasteiger partial charge in [0.25, 0.3) is 5.91 Å². The van der Waals surface area contributed by atoms with E-state index in [0.717, 1.165) is 32.6 Å². The van der Waals surface area contributed by atoms with Crippen LogP contribution in [0.4, 0.5) is 0 Å². The minimum atomic E-state index is 0.132. The number of amides is 1. The summed E-state index contributed by atoms with van der Waals surface area (Å²) in [6.45, 7) is 3.74. The number of H-pyrrole nitrogens is 1. The minimum Gasteiger partial charge on any atom is -0.357 e. The fourth-order valence-corrected chi connectivity index (χ4v) is 4.33. The third-order valence-electron chi connectivity index (χ3n) is 5.51. The Bertz CT molecular complexity index is 685. The Kier molecular flexibility index (Phi) is 4.10. The molecule has 24 heavy (non-hydrogen) atoms. The normalized spacial score (nSPS) is 24.6. The third-order valence-corrected chi connectivity index (χ3v) is 5.51. The number of aromatic amines is 1. The third kappa shape index (κ3) is 2.84. The Balaban J connectivity index is 1.51. The highest BCUT2D eigenvalue weighted by molar-refractivity contribution is 5.92. The molecule has 5 heteroatoms. The fraction of sp³-hybridized carbons (Fsp3) is 0.474. The van der Waals surface area contributed by atoms with Crippen molar-refractivity contribution in [2.45, 2.75) is 37.8 Å². The standard InChI is InChI=1S/C19H24N4O/c24-18(17-6-2-10-21-17)22-11-3-7-19(15-22)8-4-12-23(19)14-16-5-1-9-20-13-16/h1-2,5-6,9-10,13,21H,3-4,7-8,11-12,14-15H2/t19-/m1/s1. The molecule has 1 spiro atoms. The molecule has 1 N–H and O–H groups in total. The summed E-state index contributed by atoms with van der Waals surface area (Å²) in [4.78, 5) is 24.6. The van der Waals surface area contributed by atoms with Crippen molar-refractivity contribution in [3.8, 4) is 0 Å². The van der Waals surface area contributed by atoms with Crippen molar-refractivity contribution in [1.82, 2.24) is 19.8 Å². The van der Waals surface area contributed by atoms with Gasteiger partial charge in [0.2, 0.25) is 0 Å². The van der Waals surface area contributed by atoms with E-state index in [1.807, 2.05) is 41.7 Å². The molecule has 4 heterocycles. The topological polar surface area (TPSA) is 52.2 Å². The first kappa shape index (κ1) is 15.4. The summed E-state index contributed by atoms with van der Waals surface area (Å²) >= 11 is 0. The van der Waals surface area contributed by atoms with E-state index in [-0.39, 0.29) is 11.4 Å². The number of likely N-dealkylation sites (tertiary alicyclic amines) is 2. The van der Waals surface area contributed by atoms with E-state index in [1.54, 1.807) is 0 Å². The van der Waals surface area contributed by atoms with E-state index < -0.39 is 0 Å². The SMILES string of the molecule is O=C(c1ccc[nH]1)N1CCC[C@@]2(CCCN2Cc2cccnc2)C1. The van der Waals surface area contributed by atoms with Gasteiger partial charge in [-0.2, -0.15) is 0 Å². The molecule has 0 saturated carbocycles. The molecule has 2 fully saturated rings. The predicted octanol–water partition coefficient (Wildman–Crippen LogP) is 2.68. The predicted molar refractivity (Wildman–Crippen MR) is 92.5 cm³/mol. The van der Waals surface area contributed by atoms with Crippen LogP contribution < -0.4 is 0 Å². The van der Waals surface area contributed by atoms with Crippen molar-refractivity contribution in [1.29, 1.82) is 0 Å². The average Bonchev–Trinajstić information content (AvgIpc) is 3.27. The van der Waals surface area contributed by atoms with Crippen molar-refractivity contribution < 1.29 is 4.79 Å². The highest BCUT2D eigenvalue weighted by Gasteiger charge is 2.44. The highest BCUT2D eigenvalue weighted by Crippen LogP contribution is 2.38. The Morgan fingerprint density at radius 2 is 2.08 bits per heavy atom. The number of hydrogen-bond donors (Lipinski definition) is 1. The van der Waals surface area contributed by atoms with Crippen LogP contribution in [0.1, 0.15) is 41.7 Å². The summed E-state index contributed by atoms with van der Waals surface area (Å²) in [6, 6.07) is 7.90. The molecule has 0 aliphatic carbocycles. The second kappa shape index (κ2) is 6.40. The van der Waals surface area contributed by atoms with Gasteiger partial charge in [-0.05, 0) is 56.0 Å². The van der Waals surface area contributed by atoms with Gasteiger partial charge in [-0.15, -0.1) is 0 Å². The van der Waals surface area contributed by atoms with Crippen LogP contribution in [0.3, 0.4) is 0 Å². The van der Waals surface area contributed by atoms with Crippen molar-refractivity contribution in [3.63, 3.8) is 0 Å². The number of nitrogens with one attached hydrogen (secondary N) is 1. The maximum Gasteiger partial charge on any atom is 0.270 e. The van der Waals surface area contributed by atoms with Gasteiger partial charge in [0.05, 0.1) is 0 Å². The lowest BCUT2D eigenvalue weighted by Gasteiger charge is -2.46. The van der Waals surface area contributed by atoms with Crippen LogP contribution >= 0.6 is 0 Å². The average molecular weight is 324 g/mol. The molecule has 5 nitrogen and oxygen atoms in total. The molecule has 126 valence electrons. The van der Waals surface area contributed by atoms with Gasteiger partial charge < -0.3 is 9.88 Å². The van der Waals surface area contributed by atoms with Crippen LogP contribution in [0.15, 0.2) is 42.9 Å². The van der Waals surface area contributed by atoms with Crippen LogP contribution in [-0.2, 0) is 6.54 Å². The number of carbonyl (C=O) groups is 1. The van der Waals surface area contributed by atoms with Gasteiger partial charge in [-0.25, -0.2) is 0 Å². The molecule has 2 aromatic heterocycles. The van der Waals surface area contributed by atoms with E-state index in [9.17, 15) is 4.79 Å². The number of rotatable bonds is 3. The summed E-state index contributed by atoms with van der Waals surface area (Å²) in [5, 5.41) is 0. The van der Waals surface area contributed by atoms with Crippen LogP contribution in [0.25, 0.3) is 0 Å². The van der Waals surface area contributed by atoms with Gasteiger partial charge >= 0.3 is 0 Å². The summed E-state index contributed by atoms with van der Waals surface area (Å²) in [7, 11) is 0. The molecule has 0 aromatic carbocycles. The molecule has 2 aliphatic rings. The number of hydrogen-bond acceptors (Lipinski definition) is 3. The molecule has 4 rings (SSSR count). The first-order chi connectivity index (χ1) is 11.8. The van der Waals surface area contributed by atoms with Gasteiger partial charge in [0, 0.05) is 43.8 Å². The zero-order valence-electron chi connectivity index (χ0n) is 13.9. The minimum absolute atomic E-state index is 0.132. The molecule has 0 radical (unpaired) electrons. The Morgan fingerprint density at radius 1 is 1.21 bits per heavy atom. The van der Waals surface area contributed by atoms with E-state index in [0.29, 0.717) is 5.69 Å². The van der Waals surface area contributed by atoms with Crippen molar-refractivity contribution in [2.75, 3.05) is 19.6 Å². The molecule has 2 saturated heterocycles. The number of pyridine rings is 1. The lowest BCUT2D eigenvalue weighted by Crippen LogP contribution is -2.56. The summed E-state index contributed by atoms with van der Waals surface area (Å²) in [5.41, 5.74) is 2.09. The molecular formula is C19H24N4O. The molecule has 0 unspecified atom stereocenters. The number of piperidine rings is 1. The fourth-order valence-electron chi connectivity index (χ4n) is 4.33. The molecule has 1 atom stereocenters. The van der Waals surface area contributed by atoms with Crippen molar-refractivity contribution in [2.24, 2.45) is 0 Å². The lowest BCUT2D eigenvalue weighted by molar-refractivity contribution is 0.0292. The van der Waals surface area contributed by atoms with Gasteiger partial charge in [-0.1, -0.05) is 6.07 Å². The van der Waals surface area contributed by atoms with E-state index in [4.69, 9.17) is 0 Å². The number of carbonyl (C=O) groups excluding carboxylic acids is 1. The monoisotopic (exact) mass is 324 g/mol. The summed E-state index contributed by atoms with van der Waals surface area (Å²) in [6.07, 6.45) is 10.2. The molecule has 0 bridgehead atoms. The van der Waals surface area contributed by atoms with Crippen molar-refractivity contribution in [3.05, 3.63) is 54.1 Å². The number of nitrogens with zero attached hydrogens (tertiary/aromatic N) is 3. The van der Waals surface area contributed by atoms with Crippen LogP contribution in [-0.4, -0.2) is 50.8 Å². The molecule has 2 aromatic rings. The van der Waals surface area contributed by atoms with Gasteiger partial charge in [-0.3, -0.25) is 14.7 Å². The van der Waals surface area contributed by atoms with Gasteiger partial charge in [0.1, 0.15) is 5.69 Å². The van der Waals surface area contributed by atoms with E-state index in [1.165, 1.54) is 24.8 Å². The maximum absolute atomic E-state index is 12.7. The second-order valence-corrected chi connectivity index (χ2v) is 7.02. The molecular weight excluding hydrogens is 300 g/mol. The number of aromatic nitrogens is 2. The largest absolute Gasteiger partial charge is 0.357 e.